The minimum Gasteiger partial charge on any atom is -0.486 e. The summed E-state index contributed by atoms with van der Waals surface area (Å²) in [5.74, 6) is 7.16. The lowest BCUT2D eigenvalue weighted by Crippen LogP contribution is -2.20. The molecule has 1 N–H and O–H groups in total. The van der Waals surface area contributed by atoms with Gasteiger partial charge in [-0.15, -0.1) is 0 Å². The maximum absolute atomic E-state index is 11.8. The minimum absolute atomic E-state index is 0.188. The Morgan fingerprint density at radius 3 is 2.71 bits per heavy atom. The minimum atomic E-state index is -0.188. The Hall–Kier alpha value is -3.19. The van der Waals surface area contributed by atoms with Crippen LogP contribution in [0.25, 0.3) is 6.08 Å². The highest BCUT2D eigenvalue weighted by molar-refractivity contribution is 5.91. The number of ether oxygens (including phenoxy) is 2. The van der Waals surface area contributed by atoms with Crippen LogP contribution in [0.15, 0.2) is 54.6 Å². The fourth-order valence-electron chi connectivity index (χ4n) is 2.19. The summed E-state index contributed by atoms with van der Waals surface area (Å²) in [5.41, 5.74) is 1.81. The van der Waals surface area contributed by atoms with Crippen LogP contribution in [-0.4, -0.2) is 25.7 Å². The molecule has 0 saturated heterocycles. The van der Waals surface area contributed by atoms with E-state index in [0.29, 0.717) is 25.5 Å². The van der Waals surface area contributed by atoms with Crippen LogP contribution in [0, 0.1) is 11.8 Å². The smallest absolute Gasteiger partial charge is 0.244 e. The van der Waals surface area contributed by atoms with E-state index >= 15 is 0 Å². The van der Waals surface area contributed by atoms with Gasteiger partial charge in [-0.1, -0.05) is 36.1 Å². The molecule has 0 saturated carbocycles. The fourth-order valence-corrected chi connectivity index (χ4v) is 2.19. The third-order valence-corrected chi connectivity index (χ3v) is 3.35. The SMILES string of the molecule is O=C(C=Cc1ccc2c(c1)OCCO2)NCC#Cc1ccccc1. The predicted molar refractivity (Wildman–Crippen MR) is 92.8 cm³/mol. The lowest BCUT2D eigenvalue weighted by Gasteiger charge is -2.18. The molecule has 0 bridgehead atoms. The maximum atomic E-state index is 11.8. The van der Waals surface area contributed by atoms with Crippen LogP contribution in [-0.2, 0) is 4.79 Å². The first-order valence-electron chi connectivity index (χ1n) is 7.71. The Labute approximate surface area is 141 Å². The first kappa shape index (κ1) is 15.7. The summed E-state index contributed by atoms with van der Waals surface area (Å²) in [4.78, 5) is 11.8. The predicted octanol–water partition coefficient (Wildman–Crippen LogP) is 2.64. The maximum Gasteiger partial charge on any atom is 0.244 e. The third kappa shape index (κ3) is 4.40. The molecule has 4 heteroatoms. The average Bonchev–Trinajstić information content (AvgIpc) is 2.64. The van der Waals surface area contributed by atoms with Gasteiger partial charge in [0.25, 0.3) is 0 Å². The van der Waals surface area contributed by atoms with Gasteiger partial charge in [-0.2, -0.15) is 0 Å². The zero-order chi connectivity index (χ0) is 16.6. The van der Waals surface area contributed by atoms with Gasteiger partial charge in [0.2, 0.25) is 5.91 Å². The molecule has 0 aromatic heterocycles. The third-order valence-electron chi connectivity index (χ3n) is 3.35. The zero-order valence-corrected chi connectivity index (χ0v) is 13.1. The molecule has 2 aromatic carbocycles. The van der Waals surface area contributed by atoms with Crippen LogP contribution in [0.3, 0.4) is 0 Å². The Kier molecular flexibility index (Phi) is 5.16. The van der Waals surface area contributed by atoms with Crippen LogP contribution >= 0.6 is 0 Å². The number of amides is 1. The lowest BCUT2D eigenvalue weighted by molar-refractivity contribution is -0.116. The molecule has 1 aliphatic heterocycles. The molecule has 1 amide bonds. The van der Waals surface area contributed by atoms with Gasteiger partial charge in [-0.05, 0) is 35.9 Å². The van der Waals surface area contributed by atoms with Crippen molar-refractivity contribution in [1.29, 1.82) is 0 Å². The average molecular weight is 319 g/mol. The van der Waals surface area contributed by atoms with Crippen molar-refractivity contribution in [2.24, 2.45) is 0 Å². The van der Waals surface area contributed by atoms with Gasteiger partial charge in [0.1, 0.15) is 13.2 Å². The van der Waals surface area contributed by atoms with Crippen molar-refractivity contribution in [1.82, 2.24) is 5.32 Å². The molecule has 3 rings (SSSR count). The van der Waals surface area contributed by atoms with Crippen molar-refractivity contribution in [3.05, 3.63) is 65.7 Å². The van der Waals surface area contributed by atoms with Crippen LogP contribution in [0.5, 0.6) is 11.5 Å². The number of carbonyl (C=O) groups is 1. The van der Waals surface area contributed by atoms with Gasteiger partial charge in [0, 0.05) is 11.6 Å². The second-order valence-electron chi connectivity index (χ2n) is 5.12. The molecular weight excluding hydrogens is 302 g/mol. The molecular formula is C20H17NO3. The molecule has 0 unspecified atom stereocenters. The molecule has 24 heavy (non-hydrogen) atoms. The zero-order valence-electron chi connectivity index (χ0n) is 13.1. The van der Waals surface area contributed by atoms with E-state index < -0.39 is 0 Å². The molecule has 0 atom stereocenters. The van der Waals surface area contributed by atoms with Crippen LogP contribution in [0.4, 0.5) is 0 Å². The highest BCUT2D eigenvalue weighted by atomic mass is 16.6. The summed E-state index contributed by atoms with van der Waals surface area (Å²) in [6.07, 6.45) is 3.22. The van der Waals surface area contributed by atoms with Crippen molar-refractivity contribution in [3.8, 4) is 23.3 Å². The Balaban J connectivity index is 1.51. The van der Waals surface area contributed by atoms with Crippen molar-refractivity contribution in [2.45, 2.75) is 0 Å². The number of fused-ring (bicyclic) bond motifs is 1. The number of hydrogen-bond acceptors (Lipinski definition) is 3. The first-order chi connectivity index (χ1) is 11.8. The summed E-state index contributed by atoms with van der Waals surface area (Å²) in [6, 6.07) is 15.2. The summed E-state index contributed by atoms with van der Waals surface area (Å²) < 4.78 is 11.0. The second-order valence-corrected chi connectivity index (χ2v) is 5.12. The Bertz CT molecular complexity index is 801. The van der Waals surface area contributed by atoms with Crippen molar-refractivity contribution in [2.75, 3.05) is 19.8 Å². The van der Waals surface area contributed by atoms with Gasteiger partial charge in [-0.25, -0.2) is 0 Å². The van der Waals surface area contributed by atoms with E-state index in [0.717, 1.165) is 16.9 Å². The highest BCUT2D eigenvalue weighted by Gasteiger charge is 2.10. The number of hydrogen-bond donors (Lipinski definition) is 1. The molecule has 0 aliphatic carbocycles. The largest absolute Gasteiger partial charge is 0.486 e. The lowest BCUT2D eigenvalue weighted by atomic mass is 10.2. The van der Waals surface area contributed by atoms with Crippen molar-refractivity contribution in [3.63, 3.8) is 0 Å². The summed E-state index contributed by atoms with van der Waals surface area (Å²) in [6.45, 7) is 1.41. The highest BCUT2D eigenvalue weighted by Crippen LogP contribution is 2.30. The van der Waals surface area contributed by atoms with Gasteiger partial charge in [-0.3, -0.25) is 4.79 Å². The molecule has 0 spiro atoms. The van der Waals surface area contributed by atoms with E-state index in [1.165, 1.54) is 6.08 Å². The molecule has 4 nitrogen and oxygen atoms in total. The summed E-state index contributed by atoms with van der Waals surface area (Å²) in [7, 11) is 0. The van der Waals surface area contributed by atoms with Gasteiger partial charge in [0.05, 0.1) is 6.54 Å². The van der Waals surface area contributed by atoms with Gasteiger partial charge in [0.15, 0.2) is 11.5 Å². The van der Waals surface area contributed by atoms with Crippen molar-refractivity contribution >= 4 is 12.0 Å². The summed E-state index contributed by atoms with van der Waals surface area (Å²) >= 11 is 0. The fraction of sp³-hybridized carbons (Fsp3) is 0.150. The van der Waals surface area contributed by atoms with Crippen LogP contribution < -0.4 is 14.8 Å². The topological polar surface area (TPSA) is 47.6 Å². The number of nitrogens with one attached hydrogen (secondary N) is 1. The monoisotopic (exact) mass is 319 g/mol. The summed E-state index contributed by atoms with van der Waals surface area (Å²) in [5, 5.41) is 2.73. The Morgan fingerprint density at radius 2 is 1.88 bits per heavy atom. The van der Waals surface area contributed by atoms with E-state index in [1.807, 2.05) is 48.5 Å². The number of benzene rings is 2. The standard InChI is InChI=1S/C20H17NO3/c22-20(21-12-4-7-16-5-2-1-3-6-16)11-9-17-8-10-18-19(15-17)24-14-13-23-18/h1-3,5-6,8-11,15H,12-14H2,(H,21,22). The number of carbonyl (C=O) groups excluding carboxylic acids is 1. The van der Waals surface area contributed by atoms with Gasteiger partial charge < -0.3 is 14.8 Å². The van der Waals surface area contributed by atoms with Crippen molar-refractivity contribution < 1.29 is 14.3 Å². The van der Waals surface area contributed by atoms with E-state index in [4.69, 9.17) is 9.47 Å². The van der Waals surface area contributed by atoms with E-state index in [1.54, 1.807) is 6.08 Å². The normalized spacial score (nSPS) is 12.3. The van der Waals surface area contributed by atoms with Gasteiger partial charge >= 0.3 is 0 Å². The molecule has 1 heterocycles. The molecule has 120 valence electrons. The molecule has 0 fully saturated rings. The van der Waals surface area contributed by atoms with Crippen LogP contribution in [0.2, 0.25) is 0 Å². The van der Waals surface area contributed by atoms with E-state index in [9.17, 15) is 4.79 Å². The van der Waals surface area contributed by atoms with E-state index in [-0.39, 0.29) is 5.91 Å². The first-order valence-corrected chi connectivity index (χ1v) is 7.71. The molecule has 1 aliphatic rings. The van der Waals surface area contributed by atoms with Crippen LogP contribution in [0.1, 0.15) is 11.1 Å². The second kappa shape index (κ2) is 7.89. The number of rotatable bonds is 3. The molecule has 2 aromatic rings. The quantitative estimate of drug-likeness (QED) is 0.699. The Morgan fingerprint density at radius 1 is 1.08 bits per heavy atom. The van der Waals surface area contributed by atoms with E-state index in [2.05, 4.69) is 17.2 Å². The molecule has 0 radical (unpaired) electrons.